The maximum atomic E-state index is 12.9. The maximum Gasteiger partial charge on any atom is 0.245 e. The molecule has 0 aliphatic heterocycles. The van der Waals surface area contributed by atoms with E-state index in [1.807, 2.05) is 71.0 Å². The molecule has 0 unspecified atom stereocenters. The number of benzene rings is 1. The van der Waals surface area contributed by atoms with E-state index in [-0.39, 0.29) is 29.8 Å². The lowest BCUT2D eigenvalue weighted by Gasteiger charge is -2.32. The number of amides is 2. The molecule has 1 aromatic heterocycles. The van der Waals surface area contributed by atoms with Crippen LogP contribution in [0, 0.1) is 5.41 Å². The summed E-state index contributed by atoms with van der Waals surface area (Å²) >= 11 is 0. The van der Waals surface area contributed by atoms with Gasteiger partial charge in [0.2, 0.25) is 11.8 Å². The molecule has 0 spiro atoms. The normalized spacial score (nSPS) is 12.2. The van der Waals surface area contributed by atoms with E-state index in [2.05, 4.69) is 26.1 Å². The number of hydrogen-bond donors (Lipinski definition) is 1. The first-order valence-electron chi connectivity index (χ1n) is 10.1. The van der Waals surface area contributed by atoms with Crippen LogP contribution in [0.3, 0.4) is 0 Å². The summed E-state index contributed by atoms with van der Waals surface area (Å²) in [4.78, 5) is 27.2. The molecule has 1 heterocycles. The molecular formula is C23H34N4O2. The van der Waals surface area contributed by atoms with Gasteiger partial charge in [-0.05, 0) is 26.0 Å². The van der Waals surface area contributed by atoms with Gasteiger partial charge in [0.15, 0.2) is 0 Å². The third-order valence-electron chi connectivity index (χ3n) is 4.59. The molecule has 158 valence electrons. The van der Waals surface area contributed by atoms with Gasteiger partial charge in [-0.25, -0.2) is 4.68 Å². The van der Waals surface area contributed by atoms with Crippen molar-refractivity contribution in [2.24, 2.45) is 5.41 Å². The summed E-state index contributed by atoms with van der Waals surface area (Å²) in [5.41, 5.74) is 1.04. The average Bonchev–Trinajstić information content (AvgIpc) is 3.03. The van der Waals surface area contributed by atoms with E-state index in [4.69, 9.17) is 5.10 Å². The van der Waals surface area contributed by atoms with Gasteiger partial charge in [0.05, 0.1) is 11.4 Å². The standard InChI is InChI=1S/C23H34N4O2/c1-16(2)26(21(29)23(6,7)8)15-20(28)24-19-14-18(22(3,4)5)25-27(19)17-12-10-9-11-13-17/h9-14,16H,15H2,1-8H3,(H,24,28). The van der Waals surface area contributed by atoms with Gasteiger partial charge in [-0.15, -0.1) is 0 Å². The van der Waals surface area contributed by atoms with Gasteiger partial charge < -0.3 is 10.2 Å². The second-order valence-electron chi connectivity index (χ2n) is 9.74. The molecule has 0 atom stereocenters. The molecule has 0 saturated heterocycles. The first-order chi connectivity index (χ1) is 13.3. The molecule has 0 fully saturated rings. The molecule has 2 rings (SSSR count). The Morgan fingerprint density at radius 2 is 1.66 bits per heavy atom. The second kappa shape index (κ2) is 8.39. The van der Waals surface area contributed by atoms with Gasteiger partial charge in [-0.1, -0.05) is 59.7 Å². The van der Waals surface area contributed by atoms with Crippen LogP contribution in [0.15, 0.2) is 36.4 Å². The van der Waals surface area contributed by atoms with Crippen LogP contribution in [0.25, 0.3) is 5.69 Å². The predicted molar refractivity (Wildman–Crippen MR) is 117 cm³/mol. The maximum absolute atomic E-state index is 12.9. The van der Waals surface area contributed by atoms with Crippen LogP contribution in [-0.2, 0) is 15.0 Å². The lowest BCUT2D eigenvalue weighted by molar-refractivity contribution is -0.143. The number of rotatable bonds is 5. The van der Waals surface area contributed by atoms with Crippen LogP contribution < -0.4 is 5.32 Å². The van der Waals surface area contributed by atoms with Gasteiger partial charge >= 0.3 is 0 Å². The topological polar surface area (TPSA) is 67.2 Å². The molecule has 0 radical (unpaired) electrons. The Kier molecular flexibility index (Phi) is 6.56. The summed E-state index contributed by atoms with van der Waals surface area (Å²) < 4.78 is 1.74. The van der Waals surface area contributed by atoms with Crippen molar-refractivity contribution < 1.29 is 9.59 Å². The molecule has 0 saturated carbocycles. The van der Waals surface area contributed by atoms with Crippen molar-refractivity contribution in [3.05, 3.63) is 42.1 Å². The second-order valence-corrected chi connectivity index (χ2v) is 9.74. The fraction of sp³-hybridized carbons (Fsp3) is 0.522. The SMILES string of the molecule is CC(C)N(CC(=O)Nc1cc(C(C)(C)C)nn1-c1ccccc1)C(=O)C(C)(C)C. The van der Waals surface area contributed by atoms with Gasteiger partial charge in [-0.2, -0.15) is 5.10 Å². The zero-order chi connectivity index (χ0) is 22.0. The van der Waals surface area contributed by atoms with Gasteiger partial charge in [0.1, 0.15) is 12.4 Å². The fourth-order valence-corrected chi connectivity index (χ4v) is 2.86. The molecule has 29 heavy (non-hydrogen) atoms. The molecule has 2 amide bonds. The molecule has 1 N–H and O–H groups in total. The Bertz CT molecular complexity index is 855. The van der Waals surface area contributed by atoms with Crippen LogP contribution in [0.2, 0.25) is 0 Å². The van der Waals surface area contributed by atoms with Gasteiger partial charge in [0, 0.05) is 22.9 Å². The number of hydrogen-bond acceptors (Lipinski definition) is 3. The van der Waals surface area contributed by atoms with Crippen molar-refractivity contribution in [1.82, 2.24) is 14.7 Å². The van der Waals surface area contributed by atoms with E-state index in [9.17, 15) is 9.59 Å². The summed E-state index contributed by atoms with van der Waals surface area (Å²) in [7, 11) is 0. The largest absolute Gasteiger partial charge is 0.330 e. The minimum atomic E-state index is -0.546. The summed E-state index contributed by atoms with van der Waals surface area (Å²) in [5, 5.41) is 7.68. The van der Waals surface area contributed by atoms with E-state index in [0.717, 1.165) is 11.4 Å². The minimum absolute atomic E-state index is 0.00140. The highest BCUT2D eigenvalue weighted by Gasteiger charge is 2.30. The zero-order valence-corrected chi connectivity index (χ0v) is 18.9. The smallest absolute Gasteiger partial charge is 0.245 e. The number of anilines is 1. The van der Waals surface area contributed by atoms with Crippen LogP contribution in [0.1, 0.15) is 61.1 Å². The van der Waals surface area contributed by atoms with Gasteiger partial charge in [-0.3, -0.25) is 9.59 Å². The average molecular weight is 399 g/mol. The number of aromatic nitrogens is 2. The van der Waals surface area contributed by atoms with E-state index in [1.165, 1.54) is 0 Å². The summed E-state index contributed by atoms with van der Waals surface area (Å²) in [6.07, 6.45) is 0. The highest BCUT2D eigenvalue weighted by atomic mass is 16.2. The predicted octanol–water partition coefficient (Wildman–Crippen LogP) is 4.39. The molecule has 2 aromatic rings. The van der Waals surface area contributed by atoms with Crippen LogP contribution >= 0.6 is 0 Å². The monoisotopic (exact) mass is 398 g/mol. The van der Waals surface area contributed by atoms with Crippen molar-refractivity contribution in [3.63, 3.8) is 0 Å². The highest BCUT2D eigenvalue weighted by molar-refractivity contribution is 5.95. The van der Waals surface area contributed by atoms with Crippen molar-refractivity contribution in [1.29, 1.82) is 0 Å². The van der Waals surface area contributed by atoms with E-state index in [1.54, 1.807) is 9.58 Å². The Morgan fingerprint density at radius 1 is 1.07 bits per heavy atom. The lowest BCUT2D eigenvalue weighted by Crippen LogP contribution is -2.47. The van der Waals surface area contributed by atoms with Crippen LogP contribution in [-0.4, -0.2) is 39.1 Å². The van der Waals surface area contributed by atoms with Crippen molar-refractivity contribution in [2.75, 3.05) is 11.9 Å². The Balaban J connectivity index is 2.31. The minimum Gasteiger partial charge on any atom is -0.330 e. The summed E-state index contributed by atoms with van der Waals surface area (Å²) in [6.45, 7) is 15.7. The van der Waals surface area contributed by atoms with Gasteiger partial charge in [0.25, 0.3) is 0 Å². The third-order valence-corrected chi connectivity index (χ3v) is 4.59. The molecule has 6 nitrogen and oxygen atoms in total. The first kappa shape index (κ1) is 22.7. The molecule has 1 aromatic carbocycles. The van der Waals surface area contributed by atoms with Crippen LogP contribution in [0.5, 0.6) is 0 Å². The van der Waals surface area contributed by atoms with Crippen molar-refractivity contribution in [2.45, 2.75) is 66.8 Å². The van der Waals surface area contributed by atoms with E-state index < -0.39 is 5.41 Å². The van der Waals surface area contributed by atoms with Crippen molar-refractivity contribution in [3.8, 4) is 5.69 Å². The fourth-order valence-electron chi connectivity index (χ4n) is 2.86. The highest BCUT2D eigenvalue weighted by Crippen LogP contribution is 2.26. The number of carbonyl (C=O) groups excluding carboxylic acids is 2. The van der Waals surface area contributed by atoms with Crippen molar-refractivity contribution >= 4 is 17.6 Å². The zero-order valence-electron chi connectivity index (χ0n) is 18.9. The van der Waals surface area contributed by atoms with E-state index >= 15 is 0 Å². The molecule has 0 aliphatic rings. The number of nitrogens with zero attached hydrogens (tertiary/aromatic N) is 3. The molecular weight excluding hydrogens is 364 g/mol. The lowest BCUT2D eigenvalue weighted by atomic mass is 9.92. The quantitative estimate of drug-likeness (QED) is 0.812. The van der Waals surface area contributed by atoms with E-state index in [0.29, 0.717) is 5.82 Å². The number of carbonyl (C=O) groups is 2. The first-order valence-corrected chi connectivity index (χ1v) is 10.1. The Morgan fingerprint density at radius 3 is 2.14 bits per heavy atom. The number of para-hydroxylation sites is 1. The summed E-state index contributed by atoms with van der Waals surface area (Å²) in [5.74, 6) is 0.307. The Labute approximate surface area is 174 Å². The Hall–Kier alpha value is -2.63. The third kappa shape index (κ3) is 5.68. The molecule has 6 heteroatoms. The molecule has 0 aliphatic carbocycles. The number of nitrogens with one attached hydrogen (secondary N) is 1. The summed E-state index contributed by atoms with van der Waals surface area (Å²) in [6, 6.07) is 11.5. The molecule has 0 bridgehead atoms. The van der Waals surface area contributed by atoms with Crippen LogP contribution in [0.4, 0.5) is 5.82 Å².